The minimum Gasteiger partial charge on any atom is -0.368 e. The zero-order valence-electron chi connectivity index (χ0n) is 9.90. The number of primary amides is 1. The number of aromatic nitrogens is 5. The van der Waals surface area contributed by atoms with Gasteiger partial charge in [0.05, 0.1) is 0 Å². The van der Waals surface area contributed by atoms with Crippen molar-refractivity contribution in [2.45, 2.75) is 0 Å². The molecule has 0 saturated carbocycles. The van der Waals surface area contributed by atoms with Crippen LogP contribution in [0.2, 0.25) is 0 Å². The van der Waals surface area contributed by atoms with E-state index in [-0.39, 0.29) is 17.6 Å². The zero-order chi connectivity index (χ0) is 13.3. The van der Waals surface area contributed by atoms with Gasteiger partial charge in [-0.05, 0) is 6.07 Å². The number of nitrogen functional groups attached to an aromatic ring is 1. The first-order chi connectivity index (χ1) is 8.47. The highest BCUT2D eigenvalue weighted by atomic mass is 16.1. The van der Waals surface area contributed by atoms with Gasteiger partial charge in [-0.2, -0.15) is 20.1 Å². The van der Waals surface area contributed by atoms with Gasteiger partial charge in [-0.3, -0.25) is 4.79 Å². The van der Waals surface area contributed by atoms with Gasteiger partial charge in [0.15, 0.2) is 0 Å². The maximum Gasteiger partial charge on any atom is 0.269 e. The smallest absolute Gasteiger partial charge is 0.269 e. The van der Waals surface area contributed by atoms with Crippen molar-refractivity contribution in [3.63, 3.8) is 0 Å². The highest BCUT2D eigenvalue weighted by Gasteiger charge is 2.11. The van der Waals surface area contributed by atoms with Crippen molar-refractivity contribution < 1.29 is 4.79 Å². The van der Waals surface area contributed by atoms with E-state index in [1.807, 2.05) is 0 Å². The second-order valence-electron chi connectivity index (χ2n) is 3.70. The van der Waals surface area contributed by atoms with E-state index in [1.54, 1.807) is 19.0 Å². The molecule has 4 N–H and O–H groups in total. The van der Waals surface area contributed by atoms with Crippen molar-refractivity contribution in [3.8, 4) is 5.95 Å². The summed E-state index contributed by atoms with van der Waals surface area (Å²) in [5.74, 6) is 0.0655. The van der Waals surface area contributed by atoms with Crippen LogP contribution in [0, 0.1) is 0 Å². The van der Waals surface area contributed by atoms with E-state index in [4.69, 9.17) is 11.5 Å². The van der Waals surface area contributed by atoms with Crippen molar-refractivity contribution in [3.05, 3.63) is 18.0 Å². The molecule has 0 aromatic carbocycles. The Bertz CT molecular complexity index is 590. The summed E-state index contributed by atoms with van der Waals surface area (Å²) in [5.41, 5.74) is 10.8. The fourth-order valence-electron chi connectivity index (χ4n) is 1.24. The van der Waals surface area contributed by atoms with Crippen LogP contribution in [0.15, 0.2) is 12.3 Å². The van der Waals surface area contributed by atoms with Crippen LogP contribution < -0.4 is 16.4 Å². The molecule has 2 rings (SSSR count). The lowest BCUT2D eigenvalue weighted by Crippen LogP contribution is -2.17. The summed E-state index contributed by atoms with van der Waals surface area (Å²) in [6.45, 7) is 0. The van der Waals surface area contributed by atoms with Crippen LogP contribution in [-0.4, -0.2) is 44.7 Å². The van der Waals surface area contributed by atoms with Crippen molar-refractivity contribution in [1.29, 1.82) is 0 Å². The average Bonchev–Trinajstić information content (AvgIpc) is 2.77. The Morgan fingerprint density at radius 3 is 2.61 bits per heavy atom. The molecule has 2 heterocycles. The minimum absolute atomic E-state index is 0.0693. The maximum atomic E-state index is 10.9. The quantitative estimate of drug-likeness (QED) is 0.698. The van der Waals surface area contributed by atoms with E-state index >= 15 is 0 Å². The molecule has 0 fully saturated rings. The zero-order valence-corrected chi connectivity index (χ0v) is 9.90. The summed E-state index contributed by atoms with van der Waals surface area (Å²) in [4.78, 5) is 24.7. The molecule has 2 aromatic rings. The van der Waals surface area contributed by atoms with Crippen LogP contribution in [0.3, 0.4) is 0 Å². The molecule has 0 atom stereocenters. The first kappa shape index (κ1) is 11.8. The summed E-state index contributed by atoms with van der Waals surface area (Å²) < 4.78 is 1.31. The van der Waals surface area contributed by atoms with Crippen LogP contribution in [0.5, 0.6) is 0 Å². The number of amides is 1. The van der Waals surface area contributed by atoms with Gasteiger partial charge in [0.2, 0.25) is 11.9 Å². The van der Waals surface area contributed by atoms with E-state index in [0.717, 1.165) is 0 Å². The normalized spacial score (nSPS) is 10.3. The molecule has 0 aliphatic rings. The summed E-state index contributed by atoms with van der Waals surface area (Å²) in [6, 6.07) is 1.47. The third-order valence-corrected chi connectivity index (χ3v) is 2.08. The second kappa shape index (κ2) is 4.28. The lowest BCUT2D eigenvalue weighted by atomic mass is 10.4. The van der Waals surface area contributed by atoms with Crippen molar-refractivity contribution in [1.82, 2.24) is 24.7 Å². The van der Waals surface area contributed by atoms with Gasteiger partial charge in [0, 0.05) is 20.3 Å². The molecule has 94 valence electrons. The van der Waals surface area contributed by atoms with Crippen LogP contribution in [0.1, 0.15) is 10.5 Å². The van der Waals surface area contributed by atoms with Gasteiger partial charge in [0.1, 0.15) is 5.69 Å². The highest BCUT2D eigenvalue weighted by molar-refractivity contribution is 5.90. The Morgan fingerprint density at radius 2 is 2.06 bits per heavy atom. The summed E-state index contributed by atoms with van der Waals surface area (Å²) >= 11 is 0. The number of nitrogens with two attached hydrogens (primary N) is 2. The number of nitrogens with zero attached hydrogens (tertiary/aromatic N) is 6. The number of rotatable bonds is 3. The van der Waals surface area contributed by atoms with Gasteiger partial charge in [-0.1, -0.05) is 0 Å². The predicted molar refractivity (Wildman–Crippen MR) is 64.2 cm³/mol. The molecule has 0 unspecified atom stereocenters. The first-order valence-electron chi connectivity index (χ1n) is 5.02. The number of carbonyl (C=O) groups is 1. The maximum absolute atomic E-state index is 10.9. The summed E-state index contributed by atoms with van der Waals surface area (Å²) in [7, 11) is 3.55. The highest BCUT2D eigenvalue weighted by Crippen LogP contribution is 2.09. The van der Waals surface area contributed by atoms with Gasteiger partial charge in [-0.15, -0.1) is 0 Å². The third kappa shape index (κ3) is 2.19. The molecule has 0 saturated heterocycles. The molecule has 0 spiro atoms. The van der Waals surface area contributed by atoms with Gasteiger partial charge in [0.25, 0.3) is 11.9 Å². The molecule has 1 amide bonds. The van der Waals surface area contributed by atoms with E-state index in [9.17, 15) is 4.79 Å². The molecule has 9 nitrogen and oxygen atoms in total. The third-order valence-electron chi connectivity index (χ3n) is 2.08. The lowest BCUT2D eigenvalue weighted by molar-refractivity contribution is 0.0995. The molecule has 0 bridgehead atoms. The molecule has 18 heavy (non-hydrogen) atoms. The minimum atomic E-state index is -0.622. The molecule has 2 aromatic heterocycles. The SMILES string of the molecule is CN(C)c1nc(N)nc(-n2ccc(C(N)=O)n2)n1. The van der Waals surface area contributed by atoms with E-state index in [1.165, 1.54) is 16.9 Å². The fraction of sp³-hybridized carbons (Fsp3) is 0.222. The topological polar surface area (TPSA) is 129 Å². The van der Waals surface area contributed by atoms with E-state index < -0.39 is 5.91 Å². The van der Waals surface area contributed by atoms with Gasteiger partial charge in [-0.25, -0.2) is 4.68 Å². The number of hydrogen-bond donors (Lipinski definition) is 2. The molecule has 0 radical (unpaired) electrons. The van der Waals surface area contributed by atoms with Crippen LogP contribution >= 0.6 is 0 Å². The largest absolute Gasteiger partial charge is 0.368 e. The van der Waals surface area contributed by atoms with Crippen LogP contribution in [0.4, 0.5) is 11.9 Å². The Labute approximate surface area is 102 Å². The average molecular weight is 248 g/mol. The van der Waals surface area contributed by atoms with Crippen LogP contribution in [-0.2, 0) is 0 Å². The molecule has 9 heteroatoms. The van der Waals surface area contributed by atoms with Gasteiger partial charge < -0.3 is 16.4 Å². The van der Waals surface area contributed by atoms with Crippen molar-refractivity contribution >= 4 is 17.8 Å². The Kier molecular flexibility index (Phi) is 2.80. The molecular weight excluding hydrogens is 236 g/mol. The Balaban J connectivity index is 2.46. The van der Waals surface area contributed by atoms with Gasteiger partial charge >= 0.3 is 0 Å². The van der Waals surface area contributed by atoms with E-state index in [0.29, 0.717) is 5.95 Å². The number of carbonyl (C=O) groups excluding carboxylic acids is 1. The molecular formula is C9H12N8O. The summed E-state index contributed by atoms with van der Waals surface area (Å²) in [6.07, 6.45) is 1.52. The standard InChI is InChI=1S/C9H12N8O/c1-16(2)8-12-7(11)13-9(14-8)17-4-3-5(15-17)6(10)18/h3-4H,1-2H3,(H2,10,18)(H2,11,12,13,14). The molecule has 0 aliphatic carbocycles. The first-order valence-corrected chi connectivity index (χ1v) is 5.02. The van der Waals surface area contributed by atoms with Crippen LogP contribution in [0.25, 0.3) is 5.95 Å². The number of hydrogen-bond acceptors (Lipinski definition) is 7. The van der Waals surface area contributed by atoms with Crippen molar-refractivity contribution in [2.75, 3.05) is 24.7 Å². The number of anilines is 2. The molecule has 0 aliphatic heterocycles. The van der Waals surface area contributed by atoms with E-state index in [2.05, 4.69) is 20.1 Å². The monoisotopic (exact) mass is 248 g/mol. The fourth-order valence-corrected chi connectivity index (χ4v) is 1.24. The predicted octanol–water partition coefficient (Wildman–Crippen LogP) is -1.20. The van der Waals surface area contributed by atoms with Crippen molar-refractivity contribution in [2.24, 2.45) is 5.73 Å². The summed E-state index contributed by atoms with van der Waals surface area (Å²) in [5, 5.41) is 3.94. The Morgan fingerprint density at radius 1 is 1.33 bits per heavy atom. The Hall–Kier alpha value is -2.71. The lowest BCUT2D eigenvalue weighted by Gasteiger charge is -2.10. The second-order valence-corrected chi connectivity index (χ2v) is 3.70.